The Morgan fingerprint density at radius 1 is 1.36 bits per heavy atom. The summed E-state index contributed by atoms with van der Waals surface area (Å²) in [6.07, 6.45) is 8.78. The van der Waals surface area contributed by atoms with Gasteiger partial charge >= 0.3 is 0 Å². The molecule has 2 nitrogen and oxygen atoms in total. The highest BCUT2D eigenvalue weighted by molar-refractivity contribution is 4.98. The fourth-order valence-electron chi connectivity index (χ4n) is 2.89. The second kappa shape index (κ2) is 4.45. The van der Waals surface area contributed by atoms with Crippen LogP contribution in [0.4, 0.5) is 0 Å². The van der Waals surface area contributed by atoms with Crippen molar-refractivity contribution in [3.05, 3.63) is 12.7 Å². The lowest BCUT2D eigenvalue weighted by molar-refractivity contribution is 0.137. The minimum absolute atomic E-state index is 0.486. The second-order valence-corrected chi connectivity index (χ2v) is 4.77. The molecule has 80 valence electrons. The zero-order valence-electron chi connectivity index (χ0n) is 9.10. The summed E-state index contributed by atoms with van der Waals surface area (Å²) in [6.45, 7) is 8.65. The average molecular weight is 194 g/mol. The molecule has 1 saturated heterocycles. The van der Waals surface area contributed by atoms with Gasteiger partial charge in [0.2, 0.25) is 0 Å². The molecule has 1 heterocycles. The SMILES string of the molecule is C=CCCN1CCNC2(CCCC2)C1. The van der Waals surface area contributed by atoms with Crippen molar-refractivity contribution in [1.29, 1.82) is 0 Å². The Labute approximate surface area is 87.4 Å². The van der Waals surface area contributed by atoms with Gasteiger partial charge in [-0.3, -0.25) is 4.90 Å². The van der Waals surface area contributed by atoms with Crippen molar-refractivity contribution < 1.29 is 0 Å². The van der Waals surface area contributed by atoms with E-state index in [9.17, 15) is 0 Å². The third-order valence-corrected chi connectivity index (χ3v) is 3.66. The molecule has 1 saturated carbocycles. The highest BCUT2D eigenvalue weighted by atomic mass is 15.2. The van der Waals surface area contributed by atoms with Gasteiger partial charge in [-0.1, -0.05) is 18.9 Å². The molecule has 1 spiro atoms. The maximum absolute atomic E-state index is 3.79. The summed E-state index contributed by atoms with van der Waals surface area (Å²) in [5.74, 6) is 0. The van der Waals surface area contributed by atoms with E-state index in [0.29, 0.717) is 5.54 Å². The van der Waals surface area contributed by atoms with Crippen LogP contribution in [-0.2, 0) is 0 Å². The van der Waals surface area contributed by atoms with Crippen molar-refractivity contribution in [3.63, 3.8) is 0 Å². The van der Waals surface area contributed by atoms with Crippen molar-refractivity contribution in [3.8, 4) is 0 Å². The molecule has 0 aromatic heterocycles. The summed E-state index contributed by atoms with van der Waals surface area (Å²) < 4.78 is 0. The fraction of sp³-hybridized carbons (Fsp3) is 0.833. The summed E-state index contributed by atoms with van der Waals surface area (Å²) in [7, 11) is 0. The van der Waals surface area contributed by atoms with Crippen molar-refractivity contribution in [1.82, 2.24) is 10.2 Å². The van der Waals surface area contributed by atoms with E-state index in [0.717, 1.165) is 6.42 Å². The van der Waals surface area contributed by atoms with Crippen LogP contribution in [0, 0.1) is 0 Å². The van der Waals surface area contributed by atoms with Crippen LogP contribution in [0.3, 0.4) is 0 Å². The molecular weight excluding hydrogens is 172 g/mol. The molecule has 2 rings (SSSR count). The van der Waals surface area contributed by atoms with E-state index in [4.69, 9.17) is 0 Å². The normalized spacial score (nSPS) is 26.9. The first kappa shape index (κ1) is 10.2. The summed E-state index contributed by atoms with van der Waals surface area (Å²) in [5.41, 5.74) is 0.486. The van der Waals surface area contributed by atoms with Gasteiger partial charge in [0.25, 0.3) is 0 Å². The Morgan fingerprint density at radius 2 is 2.14 bits per heavy atom. The van der Waals surface area contributed by atoms with Crippen LogP contribution in [0.15, 0.2) is 12.7 Å². The molecule has 14 heavy (non-hydrogen) atoms. The van der Waals surface area contributed by atoms with E-state index in [-0.39, 0.29) is 0 Å². The lowest BCUT2D eigenvalue weighted by Gasteiger charge is -2.41. The third-order valence-electron chi connectivity index (χ3n) is 3.66. The van der Waals surface area contributed by atoms with E-state index >= 15 is 0 Å². The highest BCUT2D eigenvalue weighted by Crippen LogP contribution is 2.31. The Hall–Kier alpha value is -0.340. The zero-order valence-corrected chi connectivity index (χ0v) is 9.10. The van der Waals surface area contributed by atoms with Gasteiger partial charge in [0.05, 0.1) is 0 Å². The van der Waals surface area contributed by atoms with Crippen molar-refractivity contribution in [2.45, 2.75) is 37.6 Å². The maximum atomic E-state index is 3.79. The minimum Gasteiger partial charge on any atom is -0.309 e. The highest BCUT2D eigenvalue weighted by Gasteiger charge is 2.37. The Morgan fingerprint density at radius 3 is 2.86 bits per heavy atom. The van der Waals surface area contributed by atoms with E-state index in [2.05, 4.69) is 16.8 Å². The smallest absolute Gasteiger partial charge is 0.0309 e. The predicted molar refractivity (Wildman–Crippen MR) is 60.5 cm³/mol. The number of hydrogen-bond acceptors (Lipinski definition) is 2. The quantitative estimate of drug-likeness (QED) is 0.689. The lowest BCUT2D eigenvalue weighted by atomic mass is 9.94. The molecule has 1 aliphatic carbocycles. The van der Waals surface area contributed by atoms with Crippen LogP contribution in [0.1, 0.15) is 32.1 Å². The first-order valence-corrected chi connectivity index (χ1v) is 5.93. The molecule has 0 amide bonds. The van der Waals surface area contributed by atoms with Gasteiger partial charge in [0, 0.05) is 31.7 Å². The van der Waals surface area contributed by atoms with Crippen LogP contribution in [0.5, 0.6) is 0 Å². The van der Waals surface area contributed by atoms with Gasteiger partial charge in [-0.25, -0.2) is 0 Å². The molecule has 0 atom stereocenters. The standard InChI is InChI=1S/C12H22N2/c1-2-3-9-14-10-8-13-12(11-14)6-4-5-7-12/h2,13H,1,3-11H2. The van der Waals surface area contributed by atoms with Crippen molar-refractivity contribution in [2.75, 3.05) is 26.2 Å². The van der Waals surface area contributed by atoms with Crippen LogP contribution in [0.25, 0.3) is 0 Å². The van der Waals surface area contributed by atoms with Crippen LogP contribution in [-0.4, -0.2) is 36.6 Å². The molecule has 0 aromatic rings. The summed E-state index contributed by atoms with van der Waals surface area (Å²) in [4.78, 5) is 2.60. The predicted octanol–water partition coefficient (Wildman–Crippen LogP) is 1.78. The van der Waals surface area contributed by atoms with Gasteiger partial charge in [0.1, 0.15) is 0 Å². The molecule has 0 radical (unpaired) electrons. The fourth-order valence-corrected chi connectivity index (χ4v) is 2.89. The molecule has 1 aliphatic heterocycles. The Kier molecular flexibility index (Phi) is 3.24. The zero-order chi connectivity index (χ0) is 9.86. The van der Waals surface area contributed by atoms with Gasteiger partial charge in [-0.15, -0.1) is 6.58 Å². The maximum Gasteiger partial charge on any atom is 0.0309 e. The molecule has 0 aromatic carbocycles. The van der Waals surface area contributed by atoms with Crippen LogP contribution >= 0.6 is 0 Å². The van der Waals surface area contributed by atoms with Gasteiger partial charge in [-0.2, -0.15) is 0 Å². The van der Waals surface area contributed by atoms with E-state index in [1.165, 1.54) is 51.9 Å². The molecule has 2 aliphatic rings. The molecule has 0 bridgehead atoms. The molecule has 2 fully saturated rings. The van der Waals surface area contributed by atoms with Crippen molar-refractivity contribution >= 4 is 0 Å². The van der Waals surface area contributed by atoms with E-state index < -0.39 is 0 Å². The third kappa shape index (κ3) is 2.18. The topological polar surface area (TPSA) is 15.3 Å². The van der Waals surface area contributed by atoms with Gasteiger partial charge in [0.15, 0.2) is 0 Å². The summed E-state index contributed by atoms with van der Waals surface area (Å²) in [5, 5.41) is 3.73. The van der Waals surface area contributed by atoms with E-state index in [1.807, 2.05) is 6.08 Å². The second-order valence-electron chi connectivity index (χ2n) is 4.77. The number of piperazine rings is 1. The number of rotatable bonds is 3. The molecule has 2 heteroatoms. The monoisotopic (exact) mass is 194 g/mol. The van der Waals surface area contributed by atoms with E-state index in [1.54, 1.807) is 0 Å². The Bertz CT molecular complexity index is 194. The lowest BCUT2D eigenvalue weighted by Crippen LogP contribution is -2.58. The number of nitrogens with zero attached hydrogens (tertiary/aromatic N) is 1. The average Bonchev–Trinajstić information content (AvgIpc) is 2.63. The van der Waals surface area contributed by atoms with Gasteiger partial charge < -0.3 is 5.32 Å². The number of hydrogen-bond donors (Lipinski definition) is 1. The van der Waals surface area contributed by atoms with Crippen LogP contribution < -0.4 is 5.32 Å². The largest absolute Gasteiger partial charge is 0.309 e. The number of nitrogens with one attached hydrogen (secondary N) is 1. The Balaban J connectivity index is 1.86. The van der Waals surface area contributed by atoms with Crippen molar-refractivity contribution in [2.24, 2.45) is 0 Å². The summed E-state index contributed by atoms with van der Waals surface area (Å²) >= 11 is 0. The summed E-state index contributed by atoms with van der Waals surface area (Å²) in [6, 6.07) is 0. The molecule has 1 N–H and O–H groups in total. The first-order valence-electron chi connectivity index (χ1n) is 5.93. The molecular formula is C12H22N2. The van der Waals surface area contributed by atoms with Gasteiger partial charge in [-0.05, 0) is 19.3 Å². The first-order chi connectivity index (χ1) is 6.85. The van der Waals surface area contributed by atoms with Crippen LogP contribution in [0.2, 0.25) is 0 Å². The molecule has 0 unspecified atom stereocenters. The minimum atomic E-state index is 0.486.